The van der Waals surface area contributed by atoms with Crippen molar-refractivity contribution in [1.82, 2.24) is 10.6 Å². The fourth-order valence-electron chi connectivity index (χ4n) is 1.68. The lowest BCUT2D eigenvalue weighted by molar-refractivity contribution is 0.0428. The highest BCUT2D eigenvalue weighted by atomic mass is 127. The summed E-state index contributed by atoms with van der Waals surface area (Å²) >= 11 is 0. The number of nitrogens with one attached hydrogen (secondary N) is 2. The average molecular weight is 409 g/mol. The van der Waals surface area contributed by atoms with E-state index in [0.29, 0.717) is 17.6 Å². The van der Waals surface area contributed by atoms with E-state index < -0.39 is 5.60 Å². The maximum Gasteiger partial charge on any atom is 0.191 e. The van der Waals surface area contributed by atoms with Crippen LogP contribution in [0.25, 0.3) is 0 Å². The van der Waals surface area contributed by atoms with Crippen LogP contribution < -0.4 is 10.6 Å². The van der Waals surface area contributed by atoms with Gasteiger partial charge in [-0.25, -0.2) is 4.99 Å². The first kappa shape index (κ1) is 20.2. The van der Waals surface area contributed by atoms with Gasteiger partial charge in [-0.05, 0) is 38.8 Å². The largest absolute Gasteiger partial charge is 0.463 e. The second-order valence-corrected chi connectivity index (χ2v) is 5.65. The van der Waals surface area contributed by atoms with Crippen LogP contribution in [0.2, 0.25) is 0 Å². The Morgan fingerprint density at radius 2 is 2.05 bits per heavy atom. The third kappa shape index (κ3) is 7.17. The summed E-state index contributed by atoms with van der Waals surface area (Å²) in [7, 11) is 0. The highest BCUT2D eigenvalue weighted by molar-refractivity contribution is 14.0. The van der Waals surface area contributed by atoms with Crippen molar-refractivity contribution in [3.05, 3.63) is 23.7 Å². The summed E-state index contributed by atoms with van der Waals surface area (Å²) in [5.74, 6) is 2.57. The molecule has 1 aromatic rings. The maximum absolute atomic E-state index is 10.4. The zero-order valence-corrected chi connectivity index (χ0v) is 15.9. The number of aryl methyl sites for hydroxylation is 1. The number of halogens is 1. The molecule has 1 rings (SSSR count). The van der Waals surface area contributed by atoms with E-state index in [0.717, 1.165) is 18.8 Å². The van der Waals surface area contributed by atoms with E-state index in [1.54, 1.807) is 13.0 Å². The molecular formula is C15H28IN3O2. The van der Waals surface area contributed by atoms with Gasteiger partial charge in [-0.2, -0.15) is 0 Å². The highest BCUT2D eigenvalue weighted by Gasteiger charge is 2.26. The monoisotopic (exact) mass is 409 g/mol. The van der Waals surface area contributed by atoms with Crippen LogP contribution in [0.4, 0.5) is 0 Å². The lowest BCUT2D eigenvalue weighted by atomic mass is 10.0. The zero-order chi connectivity index (χ0) is 15.2. The Labute approximate surface area is 144 Å². The SMILES string of the molecule is CCNC(=NCC(C)(O)c1ccc(C)o1)NCC(C)C.I. The molecule has 1 atom stereocenters. The number of rotatable bonds is 6. The fourth-order valence-corrected chi connectivity index (χ4v) is 1.68. The minimum atomic E-state index is -1.10. The van der Waals surface area contributed by atoms with Crippen molar-refractivity contribution in [2.45, 2.75) is 40.2 Å². The van der Waals surface area contributed by atoms with E-state index in [1.165, 1.54) is 0 Å². The van der Waals surface area contributed by atoms with Gasteiger partial charge in [0.25, 0.3) is 0 Å². The fraction of sp³-hybridized carbons (Fsp3) is 0.667. The van der Waals surface area contributed by atoms with Crippen molar-refractivity contribution >= 4 is 29.9 Å². The molecule has 122 valence electrons. The molecule has 0 aliphatic rings. The van der Waals surface area contributed by atoms with Crippen molar-refractivity contribution in [3.63, 3.8) is 0 Å². The zero-order valence-electron chi connectivity index (χ0n) is 13.6. The van der Waals surface area contributed by atoms with Crippen molar-refractivity contribution < 1.29 is 9.52 Å². The summed E-state index contributed by atoms with van der Waals surface area (Å²) in [5.41, 5.74) is -1.10. The summed E-state index contributed by atoms with van der Waals surface area (Å²) in [6.07, 6.45) is 0. The molecule has 0 radical (unpaired) electrons. The minimum absolute atomic E-state index is 0. The topological polar surface area (TPSA) is 69.8 Å². The normalized spacial score (nSPS) is 14.5. The van der Waals surface area contributed by atoms with E-state index in [9.17, 15) is 5.11 Å². The van der Waals surface area contributed by atoms with Crippen molar-refractivity contribution in [1.29, 1.82) is 0 Å². The van der Waals surface area contributed by atoms with E-state index in [2.05, 4.69) is 29.5 Å². The first-order chi connectivity index (χ1) is 9.35. The molecule has 0 saturated heterocycles. The third-order valence-electron chi connectivity index (χ3n) is 2.84. The van der Waals surface area contributed by atoms with E-state index in [-0.39, 0.29) is 30.5 Å². The second kappa shape index (κ2) is 9.30. The molecule has 1 heterocycles. The number of furan rings is 1. The van der Waals surface area contributed by atoms with Gasteiger partial charge in [-0.3, -0.25) is 0 Å². The standard InChI is InChI=1S/C15H27N3O2.HI/c1-6-16-14(17-9-11(2)3)18-10-15(5,19)13-8-7-12(4)20-13;/h7-8,11,19H,6,9-10H2,1-5H3,(H2,16,17,18);1H. The quantitative estimate of drug-likeness (QED) is 0.384. The van der Waals surface area contributed by atoms with Gasteiger partial charge in [0.1, 0.15) is 17.1 Å². The van der Waals surface area contributed by atoms with Gasteiger partial charge in [0.2, 0.25) is 0 Å². The summed E-state index contributed by atoms with van der Waals surface area (Å²) < 4.78 is 5.48. The van der Waals surface area contributed by atoms with Gasteiger partial charge in [0, 0.05) is 13.1 Å². The Morgan fingerprint density at radius 1 is 1.38 bits per heavy atom. The third-order valence-corrected chi connectivity index (χ3v) is 2.84. The maximum atomic E-state index is 10.4. The Kier molecular flexibility index (Phi) is 8.96. The predicted octanol–water partition coefficient (Wildman–Crippen LogP) is 2.62. The summed E-state index contributed by atoms with van der Waals surface area (Å²) in [6, 6.07) is 3.63. The van der Waals surface area contributed by atoms with Crippen LogP contribution >= 0.6 is 24.0 Å². The minimum Gasteiger partial charge on any atom is -0.463 e. The van der Waals surface area contributed by atoms with Crippen molar-refractivity contribution in [2.24, 2.45) is 10.9 Å². The molecule has 1 unspecified atom stereocenters. The van der Waals surface area contributed by atoms with Crippen LogP contribution in [0.15, 0.2) is 21.5 Å². The Hall–Kier alpha value is -0.760. The lowest BCUT2D eigenvalue weighted by Gasteiger charge is -2.20. The van der Waals surface area contributed by atoms with Gasteiger partial charge in [-0.15, -0.1) is 24.0 Å². The summed E-state index contributed by atoms with van der Waals surface area (Å²) in [6.45, 7) is 11.7. The number of guanidine groups is 1. The number of nitrogens with zero attached hydrogens (tertiary/aromatic N) is 1. The van der Waals surface area contributed by atoms with Gasteiger partial charge < -0.3 is 20.2 Å². The van der Waals surface area contributed by atoms with E-state index in [1.807, 2.05) is 19.9 Å². The van der Waals surface area contributed by atoms with Crippen LogP contribution in [-0.4, -0.2) is 30.7 Å². The molecule has 5 nitrogen and oxygen atoms in total. The van der Waals surface area contributed by atoms with Crippen LogP contribution in [0.3, 0.4) is 0 Å². The lowest BCUT2D eigenvalue weighted by Crippen LogP contribution is -2.40. The first-order valence-corrected chi connectivity index (χ1v) is 7.16. The number of hydrogen-bond donors (Lipinski definition) is 3. The molecule has 0 aliphatic carbocycles. The van der Waals surface area contributed by atoms with Gasteiger partial charge in [0.05, 0.1) is 6.54 Å². The smallest absolute Gasteiger partial charge is 0.191 e. The number of aliphatic hydroxyl groups is 1. The van der Waals surface area contributed by atoms with Gasteiger partial charge in [0.15, 0.2) is 5.96 Å². The molecule has 0 amide bonds. The summed E-state index contributed by atoms with van der Waals surface area (Å²) in [4.78, 5) is 4.43. The molecule has 0 saturated carbocycles. The molecule has 21 heavy (non-hydrogen) atoms. The Balaban J connectivity index is 0.00000400. The molecule has 0 spiro atoms. The van der Waals surface area contributed by atoms with Crippen LogP contribution in [0.1, 0.15) is 39.2 Å². The molecule has 0 aliphatic heterocycles. The molecule has 3 N–H and O–H groups in total. The molecular weight excluding hydrogens is 381 g/mol. The van der Waals surface area contributed by atoms with E-state index in [4.69, 9.17) is 4.42 Å². The molecule has 6 heteroatoms. The van der Waals surface area contributed by atoms with Crippen LogP contribution in [0.5, 0.6) is 0 Å². The van der Waals surface area contributed by atoms with Crippen LogP contribution in [-0.2, 0) is 5.60 Å². The van der Waals surface area contributed by atoms with Crippen molar-refractivity contribution in [2.75, 3.05) is 19.6 Å². The Morgan fingerprint density at radius 3 is 2.52 bits per heavy atom. The van der Waals surface area contributed by atoms with Crippen molar-refractivity contribution in [3.8, 4) is 0 Å². The molecule has 0 aromatic carbocycles. The second-order valence-electron chi connectivity index (χ2n) is 5.65. The molecule has 0 fully saturated rings. The number of aliphatic imine (C=N–C) groups is 1. The molecule has 0 bridgehead atoms. The first-order valence-electron chi connectivity index (χ1n) is 7.16. The summed E-state index contributed by atoms with van der Waals surface area (Å²) in [5, 5.41) is 16.8. The Bertz CT molecular complexity index is 442. The number of hydrogen-bond acceptors (Lipinski definition) is 3. The van der Waals surface area contributed by atoms with Gasteiger partial charge in [-0.1, -0.05) is 13.8 Å². The average Bonchev–Trinajstić information content (AvgIpc) is 2.80. The van der Waals surface area contributed by atoms with E-state index >= 15 is 0 Å². The highest BCUT2D eigenvalue weighted by Crippen LogP contribution is 2.22. The predicted molar refractivity (Wildman–Crippen MR) is 97.3 cm³/mol. The molecule has 1 aromatic heterocycles. The van der Waals surface area contributed by atoms with Crippen LogP contribution in [0, 0.1) is 12.8 Å². The van der Waals surface area contributed by atoms with Gasteiger partial charge >= 0.3 is 0 Å².